The first-order chi connectivity index (χ1) is 11.7. The van der Waals surface area contributed by atoms with Gasteiger partial charge in [-0.2, -0.15) is 16.3 Å². The molecule has 7 nitrogen and oxygen atoms in total. The maximum Gasteiger partial charge on any atom is 0.269 e. The molecule has 0 fully saturated rings. The number of aromatic nitrogens is 2. The first-order valence-electron chi connectivity index (χ1n) is 7.46. The fraction of sp³-hybridized carbons (Fsp3) is 0.250. The molecule has 0 aliphatic rings. The molecule has 2 aromatic heterocycles. The molecule has 0 amide bonds. The van der Waals surface area contributed by atoms with Crippen molar-refractivity contribution in [2.45, 2.75) is 20.0 Å². The van der Waals surface area contributed by atoms with E-state index < -0.39 is 0 Å². The molecule has 0 unspecified atom stereocenters. The largest absolute Gasteiger partial charge is 0.338 e. The molecule has 0 saturated heterocycles. The van der Waals surface area contributed by atoms with Crippen molar-refractivity contribution in [1.29, 1.82) is 0 Å². The topological polar surface area (TPSA) is 85.3 Å². The van der Waals surface area contributed by atoms with E-state index in [1.54, 1.807) is 23.5 Å². The molecule has 0 aliphatic heterocycles. The summed E-state index contributed by atoms with van der Waals surface area (Å²) in [6, 6.07) is 8.60. The average molecular weight is 344 g/mol. The molecule has 124 valence electrons. The Hall–Kier alpha value is -2.58. The normalized spacial score (nSPS) is 11.1. The number of non-ortho nitro benzene ring substituents is 1. The van der Waals surface area contributed by atoms with E-state index in [4.69, 9.17) is 4.52 Å². The minimum absolute atomic E-state index is 0.0982. The summed E-state index contributed by atoms with van der Waals surface area (Å²) in [6.07, 6.45) is 0. The lowest BCUT2D eigenvalue weighted by Crippen LogP contribution is -2.22. The van der Waals surface area contributed by atoms with E-state index in [1.165, 1.54) is 6.07 Å². The summed E-state index contributed by atoms with van der Waals surface area (Å²) in [7, 11) is 0. The number of hydrogen-bond donors (Lipinski definition) is 0. The van der Waals surface area contributed by atoms with Gasteiger partial charge in [-0.15, -0.1) is 0 Å². The van der Waals surface area contributed by atoms with Crippen LogP contribution in [0.3, 0.4) is 0 Å². The number of benzene rings is 1. The minimum atomic E-state index is -0.384. The summed E-state index contributed by atoms with van der Waals surface area (Å²) in [5.41, 5.74) is 1.92. The third-order valence-corrected chi connectivity index (χ3v) is 4.26. The smallest absolute Gasteiger partial charge is 0.269 e. The lowest BCUT2D eigenvalue weighted by molar-refractivity contribution is -0.384. The van der Waals surface area contributed by atoms with Gasteiger partial charge in [-0.25, -0.2) is 0 Å². The van der Waals surface area contributed by atoms with Gasteiger partial charge in [0.2, 0.25) is 11.7 Å². The van der Waals surface area contributed by atoms with Crippen LogP contribution in [-0.2, 0) is 13.1 Å². The van der Waals surface area contributed by atoms with Crippen LogP contribution in [0.2, 0.25) is 0 Å². The number of thiophene rings is 1. The van der Waals surface area contributed by atoms with Gasteiger partial charge < -0.3 is 4.52 Å². The van der Waals surface area contributed by atoms with E-state index in [0.29, 0.717) is 24.8 Å². The second-order valence-electron chi connectivity index (χ2n) is 5.25. The van der Waals surface area contributed by atoms with Crippen LogP contribution in [0, 0.1) is 10.1 Å². The Morgan fingerprint density at radius 2 is 2.21 bits per heavy atom. The number of nitro groups is 1. The molecule has 8 heteroatoms. The van der Waals surface area contributed by atoms with Crippen molar-refractivity contribution in [2.75, 3.05) is 6.54 Å². The van der Waals surface area contributed by atoms with Crippen LogP contribution in [0.1, 0.15) is 18.4 Å². The SMILES string of the molecule is CCN(Cc1cccc([N+](=O)[O-])c1)Cc1nc(-c2ccsc2)no1. The number of nitro benzene ring substituents is 1. The van der Waals surface area contributed by atoms with Crippen molar-refractivity contribution in [3.63, 3.8) is 0 Å². The summed E-state index contributed by atoms with van der Waals surface area (Å²) in [4.78, 5) is 17.0. The standard InChI is InChI=1S/C16H16N4O3S/c1-2-19(9-12-4-3-5-14(8-12)20(21)22)10-15-17-16(18-23-15)13-6-7-24-11-13/h3-8,11H,2,9-10H2,1H3. The lowest BCUT2D eigenvalue weighted by Gasteiger charge is -2.18. The van der Waals surface area contributed by atoms with Gasteiger partial charge >= 0.3 is 0 Å². The zero-order chi connectivity index (χ0) is 16.9. The number of hydrogen-bond acceptors (Lipinski definition) is 7. The molecule has 1 aromatic carbocycles. The molecule has 2 heterocycles. The molecule has 3 rings (SSSR count). The van der Waals surface area contributed by atoms with E-state index in [2.05, 4.69) is 15.0 Å². The maximum atomic E-state index is 10.9. The van der Waals surface area contributed by atoms with E-state index in [0.717, 1.165) is 17.7 Å². The van der Waals surface area contributed by atoms with Crippen LogP contribution in [0.5, 0.6) is 0 Å². The van der Waals surface area contributed by atoms with Crippen molar-refractivity contribution < 1.29 is 9.45 Å². The van der Waals surface area contributed by atoms with Crippen LogP contribution >= 0.6 is 11.3 Å². The molecular weight excluding hydrogens is 328 g/mol. The summed E-state index contributed by atoms with van der Waals surface area (Å²) in [6.45, 7) is 3.86. The van der Waals surface area contributed by atoms with Gasteiger partial charge in [-0.1, -0.05) is 24.2 Å². The second-order valence-corrected chi connectivity index (χ2v) is 6.03. The molecule has 0 saturated carbocycles. The van der Waals surface area contributed by atoms with Crippen molar-refractivity contribution in [2.24, 2.45) is 0 Å². The molecule has 0 radical (unpaired) electrons. The Kier molecular flexibility index (Phi) is 4.97. The van der Waals surface area contributed by atoms with Gasteiger partial charge in [0.1, 0.15) is 0 Å². The lowest BCUT2D eigenvalue weighted by atomic mass is 10.2. The molecule has 0 N–H and O–H groups in total. The second kappa shape index (κ2) is 7.33. The number of rotatable bonds is 7. The summed E-state index contributed by atoms with van der Waals surface area (Å²) in [5, 5.41) is 18.8. The molecule has 0 bridgehead atoms. The first kappa shape index (κ1) is 16.3. The van der Waals surface area contributed by atoms with Crippen molar-refractivity contribution in [3.8, 4) is 11.4 Å². The van der Waals surface area contributed by atoms with Crippen LogP contribution < -0.4 is 0 Å². The molecule has 3 aromatic rings. The van der Waals surface area contributed by atoms with E-state index in [-0.39, 0.29) is 10.6 Å². The van der Waals surface area contributed by atoms with Gasteiger partial charge in [-0.05, 0) is 23.6 Å². The summed E-state index contributed by atoms with van der Waals surface area (Å²) < 4.78 is 5.31. The number of nitrogens with zero attached hydrogens (tertiary/aromatic N) is 4. The quantitative estimate of drug-likeness (QED) is 0.479. The average Bonchev–Trinajstić information content (AvgIpc) is 3.25. The summed E-state index contributed by atoms with van der Waals surface area (Å²) >= 11 is 1.58. The van der Waals surface area contributed by atoms with Crippen LogP contribution in [0.25, 0.3) is 11.4 Å². The van der Waals surface area contributed by atoms with Gasteiger partial charge in [0.25, 0.3) is 5.69 Å². The first-order valence-corrected chi connectivity index (χ1v) is 8.41. The van der Waals surface area contributed by atoms with Gasteiger partial charge in [0, 0.05) is 29.6 Å². The molecular formula is C16H16N4O3S. The Morgan fingerprint density at radius 3 is 2.92 bits per heavy atom. The van der Waals surface area contributed by atoms with E-state index in [9.17, 15) is 10.1 Å². The predicted molar refractivity (Wildman–Crippen MR) is 90.5 cm³/mol. The molecule has 0 aliphatic carbocycles. The Morgan fingerprint density at radius 1 is 1.33 bits per heavy atom. The van der Waals surface area contributed by atoms with Gasteiger partial charge in [-0.3, -0.25) is 15.0 Å². The fourth-order valence-corrected chi connectivity index (χ4v) is 2.96. The Bertz CT molecular complexity index is 816. The highest BCUT2D eigenvalue weighted by Crippen LogP contribution is 2.20. The zero-order valence-corrected chi connectivity index (χ0v) is 13.9. The van der Waals surface area contributed by atoms with E-state index >= 15 is 0 Å². The molecule has 0 spiro atoms. The zero-order valence-electron chi connectivity index (χ0n) is 13.1. The highest BCUT2D eigenvalue weighted by molar-refractivity contribution is 7.08. The van der Waals surface area contributed by atoms with Crippen LogP contribution in [0.4, 0.5) is 5.69 Å². The Labute approximate surface area is 142 Å². The highest BCUT2D eigenvalue weighted by atomic mass is 32.1. The van der Waals surface area contributed by atoms with Crippen molar-refractivity contribution in [3.05, 3.63) is 62.7 Å². The van der Waals surface area contributed by atoms with E-state index in [1.807, 2.05) is 29.8 Å². The third-order valence-electron chi connectivity index (χ3n) is 3.58. The highest BCUT2D eigenvalue weighted by Gasteiger charge is 2.14. The fourth-order valence-electron chi connectivity index (χ4n) is 2.33. The Balaban J connectivity index is 1.69. The molecule has 24 heavy (non-hydrogen) atoms. The van der Waals surface area contributed by atoms with Gasteiger partial charge in [0.15, 0.2) is 0 Å². The van der Waals surface area contributed by atoms with Crippen molar-refractivity contribution >= 4 is 17.0 Å². The van der Waals surface area contributed by atoms with Gasteiger partial charge in [0.05, 0.1) is 11.5 Å². The summed E-state index contributed by atoms with van der Waals surface area (Å²) in [5.74, 6) is 1.11. The maximum absolute atomic E-state index is 10.9. The molecule has 0 atom stereocenters. The third kappa shape index (κ3) is 3.84. The monoisotopic (exact) mass is 344 g/mol. The van der Waals surface area contributed by atoms with Crippen molar-refractivity contribution in [1.82, 2.24) is 15.0 Å². The predicted octanol–water partition coefficient (Wildman–Crippen LogP) is 3.73. The minimum Gasteiger partial charge on any atom is -0.338 e. The van der Waals surface area contributed by atoms with Crippen LogP contribution in [-0.4, -0.2) is 26.5 Å². The van der Waals surface area contributed by atoms with Crippen LogP contribution in [0.15, 0.2) is 45.6 Å².